The van der Waals surface area contributed by atoms with Crippen LogP contribution in [0.5, 0.6) is 0 Å². The van der Waals surface area contributed by atoms with Gasteiger partial charge in [-0.25, -0.2) is 4.79 Å². The van der Waals surface area contributed by atoms with Gasteiger partial charge in [-0.1, -0.05) is 43.2 Å². The highest BCUT2D eigenvalue weighted by Crippen LogP contribution is 2.46. The van der Waals surface area contributed by atoms with Crippen molar-refractivity contribution in [3.05, 3.63) is 34.9 Å². The molecule has 0 aromatic rings. The Balaban J connectivity index is 1.49. The molecule has 0 aromatic carbocycles. The van der Waals surface area contributed by atoms with Crippen LogP contribution in [0.15, 0.2) is 34.9 Å². The largest absolute Gasteiger partial charge is 0.427 e. The number of hydrogen-bond donors (Lipinski definition) is 7. The topological polar surface area (TPSA) is 196 Å². The van der Waals surface area contributed by atoms with Crippen molar-refractivity contribution >= 4 is 5.97 Å². The number of aliphatic hydroxyl groups excluding tert-OH is 5. The molecule has 3 heterocycles. The van der Waals surface area contributed by atoms with Gasteiger partial charge in [-0.3, -0.25) is 0 Å². The molecule has 12 nitrogen and oxygen atoms in total. The Morgan fingerprint density at radius 3 is 2.51 bits per heavy atom. The van der Waals surface area contributed by atoms with E-state index in [1.54, 1.807) is 13.0 Å². The minimum Gasteiger partial charge on any atom is -0.427 e. The van der Waals surface area contributed by atoms with E-state index in [0.717, 1.165) is 11.1 Å². The van der Waals surface area contributed by atoms with E-state index in [4.69, 9.17) is 18.9 Å². The zero-order valence-electron chi connectivity index (χ0n) is 22.6. The standard InChI is InChI=1S/C27H40O12/c1-13(5-6-26(34)27(35)18(29)12-36-22(27)23(33)39-26)7-15-8-14(2)9-16(10-25(15,3)4)37-24-21(32)20(31)19(30)17(11-28)38-24/h5,7-8,16-22,24,28-32,34-35H,6,9-12H2,1-4H3/b13-5+,15-7+/t16-,17-,18+,19-,20+,21-,22-,24-,26+,27-/m1/s1. The minimum absolute atomic E-state index is 0.270. The van der Waals surface area contributed by atoms with Crippen LogP contribution < -0.4 is 0 Å². The van der Waals surface area contributed by atoms with Crippen LogP contribution in [0, 0.1) is 5.41 Å². The van der Waals surface area contributed by atoms with E-state index >= 15 is 0 Å². The number of carbonyl (C=O) groups excluding carboxylic acids is 1. The summed E-state index contributed by atoms with van der Waals surface area (Å²) in [4.78, 5) is 12.1. The van der Waals surface area contributed by atoms with Crippen LogP contribution in [0.25, 0.3) is 0 Å². The Labute approximate surface area is 226 Å². The number of aliphatic hydroxyl groups is 7. The van der Waals surface area contributed by atoms with Crippen molar-refractivity contribution in [3.63, 3.8) is 0 Å². The predicted molar refractivity (Wildman–Crippen MR) is 134 cm³/mol. The molecule has 7 N–H and O–H groups in total. The third kappa shape index (κ3) is 5.47. The first-order valence-corrected chi connectivity index (χ1v) is 13.1. The number of hydrogen-bond acceptors (Lipinski definition) is 12. The van der Waals surface area contributed by atoms with E-state index in [9.17, 15) is 40.5 Å². The van der Waals surface area contributed by atoms with Crippen molar-refractivity contribution in [1.29, 1.82) is 0 Å². The Kier molecular flexibility index (Phi) is 8.48. The summed E-state index contributed by atoms with van der Waals surface area (Å²) in [7, 11) is 0. The van der Waals surface area contributed by atoms with Gasteiger partial charge >= 0.3 is 5.97 Å². The monoisotopic (exact) mass is 556 g/mol. The van der Waals surface area contributed by atoms with Crippen molar-refractivity contribution < 1.29 is 59.5 Å². The van der Waals surface area contributed by atoms with Gasteiger partial charge in [-0.2, -0.15) is 0 Å². The second kappa shape index (κ2) is 10.9. The van der Waals surface area contributed by atoms with Crippen LogP contribution in [0.1, 0.15) is 47.0 Å². The molecule has 220 valence electrons. The summed E-state index contributed by atoms with van der Waals surface area (Å²) in [6.07, 6.45) is -3.90. The van der Waals surface area contributed by atoms with E-state index in [-0.39, 0.29) is 13.0 Å². The van der Waals surface area contributed by atoms with E-state index < -0.39 is 78.4 Å². The molecule has 0 amide bonds. The highest BCUT2D eigenvalue weighted by atomic mass is 16.7. The van der Waals surface area contributed by atoms with Gasteiger partial charge < -0.3 is 54.7 Å². The van der Waals surface area contributed by atoms with Crippen LogP contribution >= 0.6 is 0 Å². The van der Waals surface area contributed by atoms with Gasteiger partial charge in [0.25, 0.3) is 0 Å². The smallest absolute Gasteiger partial charge is 0.341 e. The average molecular weight is 557 g/mol. The molecule has 0 radical (unpaired) electrons. The number of esters is 1. The third-order valence-corrected chi connectivity index (χ3v) is 8.17. The van der Waals surface area contributed by atoms with Gasteiger partial charge in [-0.05, 0) is 37.7 Å². The predicted octanol–water partition coefficient (Wildman–Crippen LogP) is -1.06. The molecule has 3 fully saturated rings. The van der Waals surface area contributed by atoms with E-state index in [1.165, 1.54) is 0 Å². The van der Waals surface area contributed by atoms with Gasteiger partial charge in [0.2, 0.25) is 5.79 Å². The minimum atomic E-state index is -2.35. The molecule has 0 bridgehead atoms. The van der Waals surface area contributed by atoms with E-state index in [0.29, 0.717) is 18.4 Å². The SMILES string of the molecule is CC1=C/C(=C\C(C)=C\C[C@]2(O)OC(=O)[C@H]3OC[C@H](O)[C@@]32O)C(C)(C)C[C@H](O[C@@H]2O[C@H](CO)[C@@H](O)[C@H](O)[C@H]2O)C1. The molecular weight excluding hydrogens is 516 g/mol. The van der Waals surface area contributed by atoms with Crippen LogP contribution in [0.4, 0.5) is 0 Å². The Morgan fingerprint density at radius 1 is 1.15 bits per heavy atom. The Bertz CT molecular complexity index is 1030. The van der Waals surface area contributed by atoms with Crippen LogP contribution in [-0.4, -0.2) is 115 Å². The summed E-state index contributed by atoms with van der Waals surface area (Å²) < 4.78 is 21.7. The Morgan fingerprint density at radius 2 is 1.85 bits per heavy atom. The molecule has 0 spiro atoms. The van der Waals surface area contributed by atoms with Crippen LogP contribution in [0.2, 0.25) is 0 Å². The lowest BCUT2D eigenvalue weighted by Crippen LogP contribution is -2.60. The maximum absolute atomic E-state index is 12.1. The fourth-order valence-electron chi connectivity index (χ4n) is 5.78. The summed E-state index contributed by atoms with van der Waals surface area (Å²) in [5, 5.41) is 72.1. The molecule has 0 saturated carbocycles. The quantitative estimate of drug-likeness (QED) is 0.196. The molecule has 10 atom stereocenters. The molecule has 3 aliphatic heterocycles. The average Bonchev–Trinajstić information content (AvgIpc) is 3.23. The second-order valence-corrected chi connectivity index (χ2v) is 11.8. The Hall–Kier alpha value is -1.71. The van der Waals surface area contributed by atoms with Gasteiger partial charge in [0, 0.05) is 6.42 Å². The first kappa shape index (κ1) is 30.3. The van der Waals surface area contributed by atoms with E-state index in [1.807, 2.05) is 32.9 Å². The molecule has 12 heteroatoms. The maximum Gasteiger partial charge on any atom is 0.341 e. The summed E-state index contributed by atoms with van der Waals surface area (Å²) in [6.45, 7) is 6.90. The van der Waals surface area contributed by atoms with Crippen molar-refractivity contribution in [2.24, 2.45) is 5.41 Å². The lowest BCUT2D eigenvalue weighted by atomic mass is 9.79. The van der Waals surface area contributed by atoms with Crippen molar-refractivity contribution in [2.45, 2.75) is 107 Å². The summed E-state index contributed by atoms with van der Waals surface area (Å²) in [5.41, 5.74) is -0.103. The van der Waals surface area contributed by atoms with Crippen molar-refractivity contribution in [2.75, 3.05) is 13.2 Å². The number of ether oxygens (including phenoxy) is 4. The number of carbonyl (C=O) groups is 1. The number of allylic oxidation sites excluding steroid dienone is 4. The molecule has 39 heavy (non-hydrogen) atoms. The zero-order chi connectivity index (χ0) is 28.9. The third-order valence-electron chi connectivity index (χ3n) is 8.17. The lowest BCUT2D eigenvalue weighted by Gasteiger charge is -2.41. The first-order chi connectivity index (χ1) is 18.1. The molecule has 4 aliphatic rings. The molecular formula is C27H40O12. The molecule has 0 aromatic heterocycles. The van der Waals surface area contributed by atoms with Gasteiger partial charge in [0.1, 0.15) is 30.5 Å². The summed E-state index contributed by atoms with van der Waals surface area (Å²) in [6, 6.07) is 0. The van der Waals surface area contributed by atoms with Crippen molar-refractivity contribution in [3.8, 4) is 0 Å². The fraction of sp³-hybridized carbons (Fsp3) is 0.741. The first-order valence-electron chi connectivity index (χ1n) is 13.1. The van der Waals surface area contributed by atoms with E-state index in [2.05, 4.69) is 0 Å². The van der Waals surface area contributed by atoms with Gasteiger partial charge in [-0.15, -0.1) is 0 Å². The lowest BCUT2D eigenvalue weighted by molar-refractivity contribution is -0.312. The molecule has 4 rings (SSSR count). The number of cyclic esters (lactones) is 1. The van der Waals surface area contributed by atoms with Gasteiger partial charge in [0.15, 0.2) is 18.0 Å². The van der Waals surface area contributed by atoms with Gasteiger partial charge in [0.05, 0.1) is 19.3 Å². The van der Waals surface area contributed by atoms with Crippen LogP contribution in [0.3, 0.4) is 0 Å². The summed E-state index contributed by atoms with van der Waals surface area (Å²) in [5.74, 6) is -3.28. The molecule has 0 unspecified atom stereocenters. The molecule has 3 saturated heterocycles. The fourth-order valence-corrected chi connectivity index (χ4v) is 5.78. The number of fused-ring (bicyclic) bond motifs is 1. The summed E-state index contributed by atoms with van der Waals surface area (Å²) >= 11 is 0. The normalized spacial score (nSPS) is 45.6. The zero-order valence-corrected chi connectivity index (χ0v) is 22.6. The number of rotatable bonds is 6. The highest BCUT2D eigenvalue weighted by Gasteiger charge is 2.73. The van der Waals surface area contributed by atoms with Crippen molar-refractivity contribution in [1.82, 2.24) is 0 Å². The maximum atomic E-state index is 12.1. The van der Waals surface area contributed by atoms with Crippen LogP contribution in [-0.2, 0) is 23.7 Å². The highest BCUT2D eigenvalue weighted by molar-refractivity contribution is 5.80. The molecule has 1 aliphatic carbocycles. The second-order valence-electron chi connectivity index (χ2n) is 11.8.